The van der Waals surface area contributed by atoms with Gasteiger partial charge in [0.05, 0.1) is 32.0 Å². The van der Waals surface area contributed by atoms with Gasteiger partial charge in [0.15, 0.2) is 0 Å². The van der Waals surface area contributed by atoms with Gasteiger partial charge in [-0.05, 0) is 42.0 Å². The predicted octanol–water partition coefficient (Wildman–Crippen LogP) is 3.35. The summed E-state index contributed by atoms with van der Waals surface area (Å²) in [6.45, 7) is 0.759. The van der Waals surface area contributed by atoms with Crippen molar-refractivity contribution in [2.24, 2.45) is 0 Å². The zero-order valence-electron chi connectivity index (χ0n) is 12.5. The molecule has 5 nitrogen and oxygen atoms in total. The van der Waals surface area contributed by atoms with E-state index < -0.39 is 0 Å². The molecule has 3 rings (SSSR count). The van der Waals surface area contributed by atoms with Crippen LogP contribution in [0.15, 0.2) is 69.9 Å². The van der Waals surface area contributed by atoms with Gasteiger partial charge in [-0.25, -0.2) is 0 Å². The van der Waals surface area contributed by atoms with Crippen molar-refractivity contribution in [2.75, 3.05) is 0 Å². The molecule has 0 saturated heterocycles. The fraction of sp³-hybridized carbons (Fsp3) is 0.167. The van der Waals surface area contributed by atoms with Crippen molar-refractivity contribution < 1.29 is 18.7 Å². The van der Waals surface area contributed by atoms with Gasteiger partial charge in [0, 0.05) is 0 Å². The molecule has 0 saturated carbocycles. The minimum Gasteiger partial charge on any atom is -0.508 e. The van der Waals surface area contributed by atoms with E-state index in [0.29, 0.717) is 13.1 Å². The number of hydrogen-bond donors (Lipinski definition) is 1. The molecule has 0 bridgehead atoms. The molecule has 0 fully saturated rings. The number of aromatic hydroxyl groups is 1. The second-order valence-corrected chi connectivity index (χ2v) is 5.25. The fourth-order valence-corrected chi connectivity index (χ4v) is 2.31. The molecule has 5 heteroatoms. The first-order chi connectivity index (χ1) is 11.2. The molecular formula is C18H17NO4. The molecule has 1 amide bonds. The highest BCUT2D eigenvalue weighted by atomic mass is 16.3. The van der Waals surface area contributed by atoms with Gasteiger partial charge < -0.3 is 18.8 Å². The molecule has 1 N–H and O–H groups in total. The van der Waals surface area contributed by atoms with E-state index in [1.807, 2.05) is 12.1 Å². The lowest BCUT2D eigenvalue weighted by molar-refractivity contribution is -0.132. The van der Waals surface area contributed by atoms with Crippen LogP contribution in [0.25, 0.3) is 0 Å². The van der Waals surface area contributed by atoms with Crippen LogP contribution < -0.4 is 0 Å². The summed E-state index contributed by atoms with van der Waals surface area (Å²) >= 11 is 0. The summed E-state index contributed by atoms with van der Waals surface area (Å²) in [6, 6.07) is 13.9. The minimum atomic E-state index is -0.0384. The maximum absolute atomic E-state index is 12.6. The number of phenols is 1. The average Bonchev–Trinajstić information content (AvgIpc) is 3.22. The second-order valence-electron chi connectivity index (χ2n) is 5.25. The van der Waals surface area contributed by atoms with Crippen molar-refractivity contribution in [1.29, 1.82) is 0 Å². The first-order valence-corrected chi connectivity index (χ1v) is 7.31. The van der Waals surface area contributed by atoms with E-state index in [4.69, 9.17) is 8.83 Å². The quantitative estimate of drug-likeness (QED) is 0.758. The monoisotopic (exact) mass is 311 g/mol. The lowest BCUT2D eigenvalue weighted by Gasteiger charge is -2.20. The molecule has 3 aromatic rings. The van der Waals surface area contributed by atoms with E-state index in [2.05, 4.69) is 0 Å². The molecule has 0 aliphatic heterocycles. The molecule has 118 valence electrons. The van der Waals surface area contributed by atoms with Crippen LogP contribution in [-0.4, -0.2) is 15.9 Å². The Balaban J connectivity index is 1.73. The van der Waals surface area contributed by atoms with Crippen molar-refractivity contribution in [2.45, 2.75) is 19.5 Å². The summed E-state index contributed by atoms with van der Waals surface area (Å²) in [5, 5.41) is 9.32. The van der Waals surface area contributed by atoms with Gasteiger partial charge in [-0.15, -0.1) is 0 Å². The highest BCUT2D eigenvalue weighted by Crippen LogP contribution is 2.15. The second kappa shape index (κ2) is 6.87. The van der Waals surface area contributed by atoms with E-state index in [1.54, 1.807) is 53.8 Å². The number of furan rings is 2. The third-order valence-electron chi connectivity index (χ3n) is 3.50. The van der Waals surface area contributed by atoms with Crippen molar-refractivity contribution in [3.8, 4) is 5.75 Å². The summed E-state index contributed by atoms with van der Waals surface area (Å²) < 4.78 is 10.7. The highest BCUT2D eigenvalue weighted by Gasteiger charge is 2.17. The first kappa shape index (κ1) is 15.0. The van der Waals surface area contributed by atoms with Crippen LogP contribution in [0, 0.1) is 0 Å². The van der Waals surface area contributed by atoms with Gasteiger partial charge in [-0.1, -0.05) is 12.1 Å². The maximum atomic E-state index is 12.6. The van der Waals surface area contributed by atoms with E-state index in [9.17, 15) is 9.90 Å². The first-order valence-electron chi connectivity index (χ1n) is 7.31. The van der Waals surface area contributed by atoms with Gasteiger partial charge >= 0.3 is 0 Å². The van der Waals surface area contributed by atoms with Gasteiger partial charge in [-0.2, -0.15) is 0 Å². The van der Waals surface area contributed by atoms with Gasteiger partial charge in [0.2, 0.25) is 5.91 Å². The van der Waals surface area contributed by atoms with E-state index >= 15 is 0 Å². The SMILES string of the molecule is O=C(Cc1ccc(O)cc1)N(Cc1ccco1)Cc1ccco1. The Morgan fingerprint density at radius 1 is 0.913 bits per heavy atom. The molecule has 0 aliphatic rings. The Hall–Kier alpha value is -2.95. The lowest BCUT2D eigenvalue weighted by Crippen LogP contribution is -2.31. The molecule has 0 unspecified atom stereocenters. The molecule has 2 heterocycles. The lowest BCUT2D eigenvalue weighted by atomic mass is 10.1. The molecular weight excluding hydrogens is 294 g/mol. The summed E-state index contributed by atoms with van der Waals surface area (Å²) in [6.07, 6.45) is 3.43. The zero-order chi connectivity index (χ0) is 16.1. The number of benzene rings is 1. The third kappa shape index (κ3) is 4.03. The fourth-order valence-electron chi connectivity index (χ4n) is 2.31. The number of rotatable bonds is 6. The van der Waals surface area contributed by atoms with Crippen LogP contribution in [0.3, 0.4) is 0 Å². The molecule has 23 heavy (non-hydrogen) atoms. The van der Waals surface area contributed by atoms with Crippen molar-refractivity contribution in [1.82, 2.24) is 4.90 Å². The molecule has 1 aromatic carbocycles. The van der Waals surface area contributed by atoms with E-state index in [1.165, 1.54) is 0 Å². The van der Waals surface area contributed by atoms with Crippen LogP contribution >= 0.6 is 0 Å². The number of nitrogens with zero attached hydrogens (tertiary/aromatic N) is 1. The van der Waals surface area contributed by atoms with Crippen LogP contribution in [0.5, 0.6) is 5.75 Å². The van der Waals surface area contributed by atoms with Crippen molar-refractivity contribution >= 4 is 5.91 Å². The summed E-state index contributed by atoms with van der Waals surface area (Å²) in [7, 11) is 0. The van der Waals surface area contributed by atoms with Crippen LogP contribution in [0.4, 0.5) is 0 Å². The number of carbonyl (C=O) groups is 1. The van der Waals surface area contributed by atoms with Crippen molar-refractivity contribution in [3.63, 3.8) is 0 Å². The number of hydrogen-bond acceptors (Lipinski definition) is 4. The average molecular weight is 311 g/mol. The summed E-state index contributed by atoms with van der Waals surface area (Å²) in [5.41, 5.74) is 0.844. The Kier molecular flexibility index (Phi) is 4.47. The molecule has 0 radical (unpaired) electrons. The smallest absolute Gasteiger partial charge is 0.227 e. The zero-order valence-corrected chi connectivity index (χ0v) is 12.5. The Bertz CT molecular complexity index is 694. The van der Waals surface area contributed by atoms with Crippen molar-refractivity contribution in [3.05, 3.63) is 78.1 Å². The van der Waals surface area contributed by atoms with Crippen LogP contribution in [-0.2, 0) is 24.3 Å². The molecule has 0 aliphatic carbocycles. The maximum Gasteiger partial charge on any atom is 0.227 e. The van der Waals surface area contributed by atoms with Gasteiger partial charge in [0.25, 0.3) is 0 Å². The Morgan fingerprint density at radius 3 is 1.96 bits per heavy atom. The molecule has 2 aromatic heterocycles. The Labute approximate surface area is 133 Å². The summed E-state index contributed by atoms with van der Waals surface area (Å²) in [4.78, 5) is 14.3. The number of amides is 1. The van der Waals surface area contributed by atoms with Crippen LogP contribution in [0.2, 0.25) is 0 Å². The molecule has 0 atom stereocenters. The molecule has 0 spiro atoms. The predicted molar refractivity (Wildman–Crippen MR) is 83.5 cm³/mol. The number of carbonyl (C=O) groups excluding carboxylic acids is 1. The topological polar surface area (TPSA) is 66.8 Å². The van der Waals surface area contributed by atoms with E-state index in [-0.39, 0.29) is 18.1 Å². The standard InChI is InChI=1S/C18H17NO4/c20-15-7-5-14(6-8-15)11-18(21)19(12-16-3-1-9-22-16)13-17-4-2-10-23-17/h1-10,20H,11-13H2. The minimum absolute atomic E-state index is 0.0384. The Morgan fingerprint density at radius 2 is 1.48 bits per heavy atom. The highest BCUT2D eigenvalue weighted by molar-refractivity contribution is 5.78. The van der Waals surface area contributed by atoms with Gasteiger partial charge in [-0.3, -0.25) is 4.79 Å². The van der Waals surface area contributed by atoms with Crippen LogP contribution in [0.1, 0.15) is 17.1 Å². The largest absolute Gasteiger partial charge is 0.508 e. The third-order valence-corrected chi connectivity index (χ3v) is 3.50. The van der Waals surface area contributed by atoms with Gasteiger partial charge in [0.1, 0.15) is 17.3 Å². The van der Waals surface area contributed by atoms with E-state index in [0.717, 1.165) is 17.1 Å². The summed E-state index contributed by atoms with van der Waals surface area (Å²) in [5.74, 6) is 1.58. The number of phenolic OH excluding ortho intramolecular Hbond substituents is 1. The normalized spacial score (nSPS) is 10.6.